The summed E-state index contributed by atoms with van der Waals surface area (Å²) >= 11 is 11.8. The Balaban J connectivity index is 1.82. The van der Waals surface area contributed by atoms with E-state index in [9.17, 15) is 4.79 Å². The van der Waals surface area contributed by atoms with Crippen molar-refractivity contribution in [3.05, 3.63) is 33.8 Å². The SMILES string of the molecule is O=C(OCCC1CCCCC1)c1cc(Cl)ccc1Cl. The van der Waals surface area contributed by atoms with E-state index in [2.05, 4.69) is 0 Å². The second kappa shape index (κ2) is 7.16. The second-order valence-electron chi connectivity index (χ2n) is 5.05. The Morgan fingerprint density at radius 2 is 1.95 bits per heavy atom. The van der Waals surface area contributed by atoms with Crippen molar-refractivity contribution in [2.24, 2.45) is 5.92 Å². The molecule has 0 atom stereocenters. The lowest BCUT2D eigenvalue weighted by Crippen LogP contribution is -2.13. The smallest absolute Gasteiger partial charge is 0.339 e. The summed E-state index contributed by atoms with van der Waals surface area (Å²) in [6.07, 6.45) is 7.42. The molecule has 0 radical (unpaired) electrons. The van der Waals surface area contributed by atoms with Crippen molar-refractivity contribution in [2.45, 2.75) is 38.5 Å². The summed E-state index contributed by atoms with van der Waals surface area (Å²) in [5, 5.41) is 0.871. The molecule has 0 bridgehead atoms. The molecule has 0 aliphatic heterocycles. The van der Waals surface area contributed by atoms with Gasteiger partial charge in [-0.05, 0) is 30.5 Å². The van der Waals surface area contributed by atoms with E-state index in [1.54, 1.807) is 18.2 Å². The molecule has 0 unspecified atom stereocenters. The maximum atomic E-state index is 11.9. The second-order valence-corrected chi connectivity index (χ2v) is 5.90. The van der Waals surface area contributed by atoms with E-state index in [0.717, 1.165) is 6.42 Å². The molecule has 1 aliphatic rings. The van der Waals surface area contributed by atoms with Crippen LogP contribution < -0.4 is 0 Å². The maximum Gasteiger partial charge on any atom is 0.339 e. The Morgan fingerprint density at radius 1 is 1.21 bits per heavy atom. The van der Waals surface area contributed by atoms with Crippen LogP contribution in [-0.2, 0) is 4.74 Å². The molecule has 0 N–H and O–H groups in total. The fourth-order valence-corrected chi connectivity index (χ4v) is 2.89. The van der Waals surface area contributed by atoms with Crippen molar-refractivity contribution in [1.29, 1.82) is 0 Å². The molecule has 1 aromatic carbocycles. The minimum atomic E-state index is -0.386. The topological polar surface area (TPSA) is 26.3 Å². The number of carbonyl (C=O) groups excluding carboxylic acids is 1. The summed E-state index contributed by atoms with van der Waals surface area (Å²) in [4.78, 5) is 11.9. The van der Waals surface area contributed by atoms with Crippen LogP contribution in [0.15, 0.2) is 18.2 Å². The maximum absolute atomic E-state index is 11.9. The summed E-state index contributed by atoms with van der Waals surface area (Å²) in [5.74, 6) is 0.319. The largest absolute Gasteiger partial charge is 0.462 e. The average molecular weight is 301 g/mol. The van der Waals surface area contributed by atoms with Crippen LogP contribution in [-0.4, -0.2) is 12.6 Å². The highest BCUT2D eigenvalue weighted by atomic mass is 35.5. The van der Waals surface area contributed by atoms with Crippen LogP contribution in [0.3, 0.4) is 0 Å². The van der Waals surface area contributed by atoms with Crippen LogP contribution in [0.2, 0.25) is 10.0 Å². The molecule has 2 rings (SSSR count). The van der Waals surface area contributed by atoms with Crippen LogP contribution in [0.5, 0.6) is 0 Å². The van der Waals surface area contributed by atoms with Gasteiger partial charge in [0.05, 0.1) is 17.2 Å². The van der Waals surface area contributed by atoms with Gasteiger partial charge in [-0.1, -0.05) is 55.3 Å². The number of hydrogen-bond acceptors (Lipinski definition) is 2. The number of esters is 1. The highest BCUT2D eigenvalue weighted by Crippen LogP contribution is 2.26. The van der Waals surface area contributed by atoms with Gasteiger partial charge in [0.25, 0.3) is 0 Å². The molecular formula is C15H18Cl2O2. The van der Waals surface area contributed by atoms with E-state index < -0.39 is 0 Å². The molecule has 0 amide bonds. The molecule has 1 fully saturated rings. The van der Waals surface area contributed by atoms with E-state index in [0.29, 0.717) is 28.1 Å². The van der Waals surface area contributed by atoms with Crippen LogP contribution in [0.25, 0.3) is 0 Å². The molecule has 4 heteroatoms. The molecule has 1 saturated carbocycles. The minimum absolute atomic E-state index is 0.345. The lowest BCUT2D eigenvalue weighted by molar-refractivity contribution is 0.0475. The lowest BCUT2D eigenvalue weighted by Gasteiger charge is -2.21. The Morgan fingerprint density at radius 3 is 2.68 bits per heavy atom. The zero-order valence-electron chi connectivity index (χ0n) is 10.8. The first-order valence-corrected chi connectivity index (χ1v) is 7.54. The van der Waals surface area contributed by atoms with Gasteiger partial charge in [-0.25, -0.2) is 4.79 Å². The number of rotatable bonds is 4. The summed E-state index contributed by atoms with van der Waals surface area (Å²) in [6.45, 7) is 0.465. The molecule has 2 nitrogen and oxygen atoms in total. The fraction of sp³-hybridized carbons (Fsp3) is 0.533. The van der Waals surface area contributed by atoms with Gasteiger partial charge < -0.3 is 4.74 Å². The number of hydrogen-bond donors (Lipinski definition) is 0. The normalized spacial score (nSPS) is 16.3. The van der Waals surface area contributed by atoms with Crippen molar-refractivity contribution < 1.29 is 9.53 Å². The predicted octanol–water partition coefficient (Wildman–Crippen LogP) is 5.12. The predicted molar refractivity (Wildman–Crippen MR) is 77.9 cm³/mol. The fourth-order valence-electron chi connectivity index (χ4n) is 2.53. The zero-order valence-corrected chi connectivity index (χ0v) is 12.3. The first-order chi connectivity index (χ1) is 9.16. The molecule has 0 heterocycles. The standard InChI is InChI=1S/C15H18Cl2O2/c16-12-6-7-14(17)13(10-12)15(18)19-9-8-11-4-2-1-3-5-11/h6-7,10-11H,1-5,8-9H2. The molecule has 0 saturated heterocycles. The highest BCUT2D eigenvalue weighted by molar-refractivity contribution is 6.35. The number of carbonyl (C=O) groups is 1. The number of ether oxygens (including phenoxy) is 1. The van der Waals surface area contributed by atoms with Gasteiger partial charge in [-0.15, -0.1) is 0 Å². The molecule has 0 aromatic heterocycles. The summed E-state index contributed by atoms with van der Waals surface area (Å²) in [6, 6.07) is 4.82. The van der Waals surface area contributed by atoms with Crippen molar-refractivity contribution in [2.75, 3.05) is 6.61 Å². The van der Waals surface area contributed by atoms with Gasteiger partial charge in [0.15, 0.2) is 0 Å². The lowest BCUT2D eigenvalue weighted by atomic mass is 9.87. The first-order valence-electron chi connectivity index (χ1n) is 6.79. The van der Waals surface area contributed by atoms with Gasteiger partial charge in [-0.3, -0.25) is 0 Å². The zero-order chi connectivity index (χ0) is 13.7. The van der Waals surface area contributed by atoms with Gasteiger partial charge in [0, 0.05) is 5.02 Å². The Hall–Kier alpha value is -0.730. The van der Waals surface area contributed by atoms with Gasteiger partial charge in [-0.2, -0.15) is 0 Å². The third-order valence-electron chi connectivity index (χ3n) is 3.63. The Bertz CT molecular complexity index is 440. The number of halogens is 2. The first kappa shape index (κ1) is 14.7. The molecular weight excluding hydrogens is 283 g/mol. The monoisotopic (exact) mass is 300 g/mol. The van der Waals surface area contributed by atoms with Crippen LogP contribution in [0, 0.1) is 5.92 Å². The molecule has 1 aliphatic carbocycles. The van der Waals surface area contributed by atoms with E-state index in [1.165, 1.54) is 32.1 Å². The number of benzene rings is 1. The summed E-state index contributed by atoms with van der Waals surface area (Å²) < 4.78 is 5.28. The minimum Gasteiger partial charge on any atom is -0.462 e. The third-order valence-corrected chi connectivity index (χ3v) is 4.20. The summed E-state index contributed by atoms with van der Waals surface area (Å²) in [5.41, 5.74) is 0.345. The van der Waals surface area contributed by atoms with Crippen molar-refractivity contribution >= 4 is 29.2 Å². The van der Waals surface area contributed by atoms with Crippen molar-refractivity contribution in [3.63, 3.8) is 0 Å². The third kappa shape index (κ3) is 4.39. The van der Waals surface area contributed by atoms with Crippen LogP contribution >= 0.6 is 23.2 Å². The van der Waals surface area contributed by atoms with Crippen LogP contribution in [0.4, 0.5) is 0 Å². The van der Waals surface area contributed by atoms with E-state index in [4.69, 9.17) is 27.9 Å². The van der Waals surface area contributed by atoms with Crippen molar-refractivity contribution in [1.82, 2.24) is 0 Å². The van der Waals surface area contributed by atoms with Crippen LogP contribution in [0.1, 0.15) is 48.9 Å². The highest BCUT2D eigenvalue weighted by Gasteiger charge is 2.16. The summed E-state index contributed by atoms with van der Waals surface area (Å²) in [7, 11) is 0. The van der Waals surface area contributed by atoms with Gasteiger partial charge in [0.1, 0.15) is 0 Å². The average Bonchev–Trinajstić information content (AvgIpc) is 2.42. The Labute approximate surface area is 124 Å². The van der Waals surface area contributed by atoms with E-state index in [-0.39, 0.29) is 5.97 Å². The quantitative estimate of drug-likeness (QED) is 0.721. The van der Waals surface area contributed by atoms with Gasteiger partial charge in [0.2, 0.25) is 0 Å². The molecule has 0 spiro atoms. The molecule has 104 valence electrons. The molecule has 1 aromatic rings. The Kier molecular flexibility index (Phi) is 5.53. The molecule has 19 heavy (non-hydrogen) atoms. The van der Waals surface area contributed by atoms with E-state index in [1.807, 2.05) is 0 Å². The van der Waals surface area contributed by atoms with Crippen molar-refractivity contribution in [3.8, 4) is 0 Å². The van der Waals surface area contributed by atoms with Gasteiger partial charge >= 0.3 is 5.97 Å². The van der Waals surface area contributed by atoms with E-state index >= 15 is 0 Å².